The number of carbonyl (C=O) groups is 2. The number of aromatic nitrogens is 1. The molecule has 2 N–H and O–H groups in total. The molecule has 0 saturated heterocycles. The molecule has 2 aromatic carbocycles. The van der Waals surface area contributed by atoms with Gasteiger partial charge in [0.15, 0.2) is 5.13 Å². The van der Waals surface area contributed by atoms with Crippen LogP contribution in [0.5, 0.6) is 11.5 Å². The van der Waals surface area contributed by atoms with Crippen molar-refractivity contribution in [1.82, 2.24) is 4.98 Å². The van der Waals surface area contributed by atoms with E-state index in [0.717, 1.165) is 5.56 Å². The molecular weight excluding hydrogens is 406 g/mol. The predicted octanol–water partition coefficient (Wildman–Crippen LogP) is 4.65. The SMILES string of the molecule is CCOC(=O)Nc1ccc(C(=O)Nc2nc(-c3cc(OC)ccc3OC)cs2)cc1. The summed E-state index contributed by atoms with van der Waals surface area (Å²) in [6, 6.07) is 11.9. The number of hydrogen-bond donors (Lipinski definition) is 2. The average molecular weight is 427 g/mol. The second kappa shape index (κ2) is 9.75. The first kappa shape index (κ1) is 21.1. The maximum atomic E-state index is 12.5. The van der Waals surface area contributed by atoms with Gasteiger partial charge in [0.25, 0.3) is 5.91 Å². The first-order chi connectivity index (χ1) is 14.5. The number of ether oxygens (including phenoxy) is 3. The molecule has 30 heavy (non-hydrogen) atoms. The fraction of sp³-hybridized carbons (Fsp3) is 0.190. The normalized spacial score (nSPS) is 10.2. The van der Waals surface area contributed by atoms with Crippen molar-refractivity contribution >= 4 is 34.2 Å². The second-order valence-electron chi connectivity index (χ2n) is 5.98. The Morgan fingerprint density at radius 2 is 1.80 bits per heavy atom. The van der Waals surface area contributed by atoms with Crippen molar-refractivity contribution in [3.8, 4) is 22.8 Å². The molecule has 0 saturated carbocycles. The Balaban J connectivity index is 1.70. The van der Waals surface area contributed by atoms with Crippen LogP contribution in [0, 0.1) is 0 Å². The Labute approximate surface area is 177 Å². The minimum Gasteiger partial charge on any atom is -0.497 e. The van der Waals surface area contributed by atoms with Crippen LogP contribution in [0.4, 0.5) is 15.6 Å². The minimum absolute atomic E-state index is 0.282. The Bertz CT molecular complexity index is 1030. The fourth-order valence-corrected chi connectivity index (χ4v) is 3.33. The van der Waals surface area contributed by atoms with Crippen LogP contribution >= 0.6 is 11.3 Å². The van der Waals surface area contributed by atoms with E-state index in [4.69, 9.17) is 14.2 Å². The van der Waals surface area contributed by atoms with Crippen molar-refractivity contribution in [1.29, 1.82) is 0 Å². The molecule has 3 rings (SSSR count). The third-order valence-electron chi connectivity index (χ3n) is 4.08. The van der Waals surface area contributed by atoms with E-state index in [1.807, 2.05) is 11.4 Å². The lowest BCUT2D eigenvalue weighted by atomic mass is 10.1. The van der Waals surface area contributed by atoms with Crippen molar-refractivity contribution in [3.05, 3.63) is 53.4 Å². The van der Waals surface area contributed by atoms with Crippen molar-refractivity contribution in [2.24, 2.45) is 0 Å². The number of hydrogen-bond acceptors (Lipinski definition) is 7. The summed E-state index contributed by atoms with van der Waals surface area (Å²) >= 11 is 1.30. The number of carbonyl (C=O) groups excluding carboxylic acids is 2. The Kier molecular flexibility index (Phi) is 6.87. The van der Waals surface area contributed by atoms with Crippen LogP contribution in [-0.4, -0.2) is 37.8 Å². The van der Waals surface area contributed by atoms with Crippen LogP contribution < -0.4 is 20.1 Å². The third-order valence-corrected chi connectivity index (χ3v) is 4.83. The van der Waals surface area contributed by atoms with E-state index in [0.29, 0.717) is 33.6 Å². The van der Waals surface area contributed by atoms with E-state index < -0.39 is 6.09 Å². The predicted molar refractivity (Wildman–Crippen MR) is 116 cm³/mol. The zero-order valence-electron chi connectivity index (χ0n) is 16.7. The number of anilines is 2. The van der Waals surface area contributed by atoms with Gasteiger partial charge in [-0.2, -0.15) is 0 Å². The third kappa shape index (κ3) is 5.06. The van der Waals surface area contributed by atoms with Gasteiger partial charge < -0.3 is 14.2 Å². The van der Waals surface area contributed by atoms with Crippen LogP contribution in [0.15, 0.2) is 47.8 Å². The number of benzene rings is 2. The molecule has 0 aliphatic heterocycles. The lowest BCUT2D eigenvalue weighted by Crippen LogP contribution is -2.14. The number of methoxy groups -OCH3 is 2. The van der Waals surface area contributed by atoms with Gasteiger partial charge in [0.1, 0.15) is 11.5 Å². The van der Waals surface area contributed by atoms with Gasteiger partial charge in [0, 0.05) is 22.2 Å². The molecule has 0 spiro atoms. The van der Waals surface area contributed by atoms with Gasteiger partial charge >= 0.3 is 6.09 Å². The van der Waals surface area contributed by atoms with Gasteiger partial charge in [0.2, 0.25) is 0 Å². The van der Waals surface area contributed by atoms with Crippen molar-refractivity contribution in [2.45, 2.75) is 6.92 Å². The summed E-state index contributed by atoms with van der Waals surface area (Å²) in [5.74, 6) is 1.03. The minimum atomic E-state index is -0.544. The highest BCUT2D eigenvalue weighted by Crippen LogP contribution is 2.35. The number of thiazole rings is 1. The average Bonchev–Trinajstić information content (AvgIpc) is 3.22. The molecule has 3 aromatic rings. The summed E-state index contributed by atoms with van der Waals surface area (Å²) in [6.45, 7) is 2.01. The number of rotatable bonds is 7. The van der Waals surface area contributed by atoms with Crippen molar-refractivity contribution in [3.63, 3.8) is 0 Å². The van der Waals surface area contributed by atoms with Crippen LogP contribution in [0.2, 0.25) is 0 Å². The lowest BCUT2D eigenvalue weighted by Gasteiger charge is -2.08. The number of nitrogens with one attached hydrogen (secondary N) is 2. The highest BCUT2D eigenvalue weighted by molar-refractivity contribution is 7.14. The molecular formula is C21H21N3O5S. The molecule has 0 fully saturated rings. The van der Waals surface area contributed by atoms with E-state index >= 15 is 0 Å². The Morgan fingerprint density at radius 1 is 1.03 bits per heavy atom. The van der Waals surface area contributed by atoms with E-state index in [2.05, 4.69) is 15.6 Å². The maximum Gasteiger partial charge on any atom is 0.411 e. The fourth-order valence-electron chi connectivity index (χ4n) is 2.63. The smallest absolute Gasteiger partial charge is 0.411 e. The Morgan fingerprint density at radius 3 is 2.47 bits per heavy atom. The van der Waals surface area contributed by atoms with E-state index in [1.54, 1.807) is 57.5 Å². The highest BCUT2D eigenvalue weighted by atomic mass is 32.1. The van der Waals surface area contributed by atoms with Gasteiger partial charge in [-0.1, -0.05) is 0 Å². The molecule has 9 heteroatoms. The molecule has 1 heterocycles. The first-order valence-corrected chi connectivity index (χ1v) is 9.95. The molecule has 1 aromatic heterocycles. The highest BCUT2D eigenvalue weighted by Gasteiger charge is 2.14. The largest absolute Gasteiger partial charge is 0.497 e. The number of nitrogens with zero attached hydrogens (tertiary/aromatic N) is 1. The molecule has 0 aliphatic rings. The standard InChI is InChI=1S/C21H21N3O5S/c1-4-29-21(26)22-14-7-5-13(6-8-14)19(25)24-20-23-17(12-30-20)16-11-15(27-2)9-10-18(16)28-3/h5-12H,4H2,1-3H3,(H,22,26)(H,23,24,25). The molecule has 0 radical (unpaired) electrons. The zero-order chi connectivity index (χ0) is 21.5. The van der Waals surface area contributed by atoms with Gasteiger partial charge in [-0.3, -0.25) is 15.4 Å². The van der Waals surface area contributed by atoms with Gasteiger partial charge in [0.05, 0.1) is 26.5 Å². The maximum absolute atomic E-state index is 12.5. The molecule has 0 aliphatic carbocycles. The van der Waals surface area contributed by atoms with Crippen molar-refractivity contribution in [2.75, 3.05) is 31.5 Å². The van der Waals surface area contributed by atoms with Crippen LogP contribution in [0.25, 0.3) is 11.3 Å². The van der Waals surface area contributed by atoms with Crippen LogP contribution in [-0.2, 0) is 4.74 Å². The molecule has 0 bridgehead atoms. The van der Waals surface area contributed by atoms with Crippen LogP contribution in [0.3, 0.4) is 0 Å². The summed E-state index contributed by atoms with van der Waals surface area (Å²) < 4.78 is 15.5. The van der Waals surface area contributed by atoms with E-state index in [-0.39, 0.29) is 12.5 Å². The summed E-state index contributed by atoms with van der Waals surface area (Å²) in [7, 11) is 3.17. The monoisotopic (exact) mass is 427 g/mol. The Hall–Kier alpha value is -3.59. The quantitative estimate of drug-likeness (QED) is 0.570. The molecule has 0 atom stereocenters. The molecule has 2 amide bonds. The number of amides is 2. The summed E-state index contributed by atoms with van der Waals surface area (Å²) in [5, 5.41) is 7.64. The van der Waals surface area contributed by atoms with Gasteiger partial charge in [-0.25, -0.2) is 9.78 Å². The van der Waals surface area contributed by atoms with Gasteiger partial charge in [-0.15, -0.1) is 11.3 Å². The van der Waals surface area contributed by atoms with E-state index in [1.165, 1.54) is 11.3 Å². The lowest BCUT2D eigenvalue weighted by molar-refractivity contribution is 0.102. The van der Waals surface area contributed by atoms with Gasteiger partial charge in [-0.05, 0) is 49.4 Å². The van der Waals surface area contributed by atoms with E-state index in [9.17, 15) is 9.59 Å². The molecule has 156 valence electrons. The summed E-state index contributed by atoms with van der Waals surface area (Å²) in [6.07, 6.45) is -0.544. The van der Waals surface area contributed by atoms with Crippen LogP contribution in [0.1, 0.15) is 17.3 Å². The zero-order valence-corrected chi connectivity index (χ0v) is 17.5. The molecule has 0 unspecified atom stereocenters. The van der Waals surface area contributed by atoms with Crippen molar-refractivity contribution < 1.29 is 23.8 Å². The summed E-state index contributed by atoms with van der Waals surface area (Å²) in [5.41, 5.74) is 2.40. The topological polar surface area (TPSA) is 98.8 Å². The first-order valence-electron chi connectivity index (χ1n) is 9.07. The second-order valence-corrected chi connectivity index (χ2v) is 6.84. The molecule has 8 nitrogen and oxygen atoms in total. The summed E-state index contributed by atoms with van der Waals surface area (Å²) in [4.78, 5) is 28.4.